The van der Waals surface area contributed by atoms with Crippen LogP contribution in [0.25, 0.3) is 0 Å². The topological polar surface area (TPSA) is 78.9 Å². The van der Waals surface area contributed by atoms with Crippen LogP contribution in [0.3, 0.4) is 0 Å². The van der Waals surface area contributed by atoms with Crippen molar-refractivity contribution >= 4 is 17.9 Å². The van der Waals surface area contributed by atoms with Gasteiger partial charge < -0.3 is 14.2 Å². The number of hydrogen-bond donors (Lipinski definition) is 0. The Bertz CT molecular complexity index is 673. The molecule has 0 radical (unpaired) electrons. The van der Waals surface area contributed by atoms with Gasteiger partial charge in [0.2, 0.25) is 0 Å². The minimum absolute atomic E-state index is 0.349. The molecule has 0 spiro atoms. The molecule has 0 saturated carbocycles. The first-order chi connectivity index (χ1) is 12.6. The molecule has 0 N–H and O–H groups in total. The highest BCUT2D eigenvalue weighted by Crippen LogP contribution is 2.16. The van der Waals surface area contributed by atoms with Crippen molar-refractivity contribution in [2.45, 2.75) is 54.1 Å². The van der Waals surface area contributed by atoms with Gasteiger partial charge in [-0.2, -0.15) is 0 Å². The van der Waals surface area contributed by atoms with Gasteiger partial charge in [0.05, 0.1) is 6.26 Å². The normalized spacial score (nSPS) is 13.4. The molecule has 0 heterocycles. The summed E-state index contributed by atoms with van der Waals surface area (Å²) >= 11 is 0. The first kappa shape index (κ1) is 24.1. The van der Waals surface area contributed by atoms with Crippen molar-refractivity contribution in [1.29, 1.82) is 0 Å². The fourth-order valence-corrected chi connectivity index (χ4v) is 1.79. The van der Waals surface area contributed by atoms with Gasteiger partial charge in [-0.25, -0.2) is 0 Å². The average Bonchev–Trinajstić information content (AvgIpc) is 2.53. The summed E-state index contributed by atoms with van der Waals surface area (Å²) in [4.78, 5) is 33.5. The Morgan fingerprint density at radius 1 is 0.852 bits per heavy atom. The van der Waals surface area contributed by atoms with Crippen LogP contribution in [-0.4, -0.2) is 24.0 Å². The summed E-state index contributed by atoms with van der Waals surface area (Å²) in [5, 5.41) is 0. The smallest absolute Gasteiger partial charge is 0.307 e. The summed E-state index contributed by atoms with van der Waals surface area (Å²) in [5.41, 5.74) is 2.53. The minimum Gasteiger partial charge on any atom is -0.457 e. The molecule has 0 bridgehead atoms. The van der Waals surface area contributed by atoms with Crippen molar-refractivity contribution in [3.05, 3.63) is 59.6 Å². The minimum atomic E-state index is -0.708. The highest BCUT2D eigenvalue weighted by atomic mass is 16.5. The number of hydrogen-bond acceptors (Lipinski definition) is 6. The predicted molar refractivity (Wildman–Crippen MR) is 103 cm³/mol. The zero-order valence-electron chi connectivity index (χ0n) is 16.8. The van der Waals surface area contributed by atoms with Crippen LogP contribution in [-0.2, 0) is 28.6 Å². The van der Waals surface area contributed by atoms with Crippen LogP contribution in [0.15, 0.2) is 59.6 Å². The van der Waals surface area contributed by atoms with E-state index in [0.717, 1.165) is 11.8 Å². The summed E-state index contributed by atoms with van der Waals surface area (Å²) in [7, 11) is 0. The van der Waals surface area contributed by atoms with E-state index in [2.05, 4.69) is 0 Å². The van der Waals surface area contributed by atoms with E-state index in [1.54, 1.807) is 0 Å². The molecule has 0 amide bonds. The molecule has 0 rings (SSSR count). The van der Waals surface area contributed by atoms with Gasteiger partial charge in [-0.1, -0.05) is 35.5 Å². The van der Waals surface area contributed by atoms with Crippen molar-refractivity contribution in [2.75, 3.05) is 0 Å². The molecule has 0 aliphatic heterocycles. The first-order valence-corrected chi connectivity index (χ1v) is 8.48. The lowest BCUT2D eigenvalue weighted by atomic mass is 10.1. The third-order valence-corrected chi connectivity index (χ3v) is 2.98. The number of esters is 3. The van der Waals surface area contributed by atoms with Crippen LogP contribution in [0.1, 0.15) is 48.0 Å². The van der Waals surface area contributed by atoms with E-state index in [0.29, 0.717) is 12.0 Å². The van der Waals surface area contributed by atoms with E-state index in [4.69, 9.17) is 14.2 Å². The summed E-state index contributed by atoms with van der Waals surface area (Å²) in [6, 6.07) is 0. The number of carbonyl (C=O) groups excluding carboxylic acids is 3. The number of allylic oxidation sites excluding steroid dienone is 5. The summed E-state index contributed by atoms with van der Waals surface area (Å²) in [6.45, 7) is 9.72. The third-order valence-electron chi connectivity index (χ3n) is 2.98. The van der Waals surface area contributed by atoms with Crippen molar-refractivity contribution in [3.63, 3.8) is 0 Å². The molecule has 0 fully saturated rings. The fraction of sp³-hybridized carbons (Fsp3) is 0.381. The first-order valence-electron chi connectivity index (χ1n) is 8.48. The average molecular weight is 376 g/mol. The molecule has 0 aromatic carbocycles. The molecule has 0 aliphatic carbocycles. The second-order valence-corrected chi connectivity index (χ2v) is 6.02. The monoisotopic (exact) mass is 376 g/mol. The molecule has 0 aromatic heterocycles. The Morgan fingerprint density at radius 2 is 1.48 bits per heavy atom. The van der Waals surface area contributed by atoms with Crippen LogP contribution in [0.5, 0.6) is 0 Å². The van der Waals surface area contributed by atoms with Crippen molar-refractivity contribution < 1.29 is 28.6 Å². The Hall–Kier alpha value is -2.89. The van der Waals surface area contributed by atoms with Gasteiger partial charge in [0.1, 0.15) is 12.4 Å². The van der Waals surface area contributed by atoms with Crippen LogP contribution in [0.2, 0.25) is 0 Å². The second kappa shape index (κ2) is 13.3. The predicted octanol–water partition coefficient (Wildman–Crippen LogP) is 4.30. The van der Waals surface area contributed by atoms with Crippen molar-refractivity contribution in [2.24, 2.45) is 0 Å². The van der Waals surface area contributed by atoms with E-state index in [-0.39, 0.29) is 0 Å². The van der Waals surface area contributed by atoms with Gasteiger partial charge in [0.15, 0.2) is 0 Å². The molecule has 0 saturated heterocycles. The van der Waals surface area contributed by atoms with Crippen molar-refractivity contribution in [1.82, 2.24) is 0 Å². The third kappa shape index (κ3) is 14.0. The Balaban J connectivity index is 5.49. The van der Waals surface area contributed by atoms with Crippen molar-refractivity contribution in [3.8, 4) is 0 Å². The second-order valence-electron chi connectivity index (χ2n) is 6.02. The molecular weight excluding hydrogens is 348 g/mol. The van der Waals surface area contributed by atoms with E-state index >= 15 is 0 Å². The molecular formula is C21H28O6. The quantitative estimate of drug-likeness (QED) is 0.258. The maximum Gasteiger partial charge on any atom is 0.307 e. The number of rotatable bonds is 9. The SMILES string of the molecule is CC(=O)O/C=C(/C=C/OC(C)=O)[C@@H](C/C=C(C)/C=C/C=C(C)C)OC(C)=O. The highest BCUT2D eigenvalue weighted by molar-refractivity contribution is 5.68. The molecule has 6 nitrogen and oxygen atoms in total. The van der Waals surface area contributed by atoms with E-state index < -0.39 is 24.0 Å². The van der Waals surface area contributed by atoms with Gasteiger partial charge in [0.25, 0.3) is 0 Å². The molecule has 0 aromatic rings. The lowest BCUT2D eigenvalue weighted by molar-refractivity contribution is -0.144. The van der Waals surface area contributed by atoms with E-state index in [9.17, 15) is 14.4 Å². The highest BCUT2D eigenvalue weighted by Gasteiger charge is 2.16. The summed E-state index contributed by atoms with van der Waals surface area (Å²) in [6.07, 6.45) is 11.1. The number of carbonyl (C=O) groups is 3. The molecule has 27 heavy (non-hydrogen) atoms. The largest absolute Gasteiger partial charge is 0.457 e. The van der Waals surface area contributed by atoms with E-state index in [1.165, 1.54) is 38.7 Å². The summed E-state index contributed by atoms with van der Waals surface area (Å²) in [5.74, 6) is -1.51. The maximum atomic E-state index is 11.5. The summed E-state index contributed by atoms with van der Waals surface area (Å²) < 4.78 is 15.0. The maximum absolute atomic E-state index is 11.5. The Labute approximate surface area is 160 Å². The lowest BCUT2D eigenvalue weighted by Gasteiger charge is -2.16. The van der Waals surface area contributed by atoms with Gasteiger partial charge in [0, 0.05) is 32.8 Å². The van der Waals surface area contributed by atoms with Crippen LogP contribution in [0, 0.1) is 0 Å². The molecule has 0 aliphatic rings. The molecule has 6 heteroatoms. The Kier molecular flexibility index (Phi) is 11.9. The fourth-order valence-electron chi connectivity index (χ4n) is 1.79. The molecule has 0 unspecified atom stereocenters. The van der Waals surface area contributed by atoms with Crippen LogP contribution in [0.4, 0.5) is 0 Å². The van der Waals surface area contributed by atoms with Gasteiger partial charge in [-0.05, 0) is 26.8 Å². The zero-order chi connectivity index (χ0) is 20.8. The molecule has 1 atom stereocenters. The van der Waals surface area contributed by atoms with Gasteiger partial charge in [-0.3, -0.25) is 14.4 Å². The standard InChI is InChI=1S/C21H28O6/c1-15(2)8-7-9-16(3)10-11-21(27-19(6)24)20(14-26-18(5)23)12-13-25-17(4)22/h7-10,12-14,21H,11H2,1-6H3/b9-7+,13-12+,16-10+,20-14-/t21-/m1/s1. The van der Waals surface area contributed by atoms with E-state index in [1.807, 2.05) is 45.1 Å². The van der Waals surface area contributed by atoms with Gasteiger partial charge >= 0.3 is 17.9 Å². The van der Waals surface area contributed by atoms with Crippen LogP contribution < -0.4 is 0 Å². The van der Waals surface area contributed by atoms with Gasteiger partial charge in [-0.15, -0.1) is 0 Å². The van der Waals surface area contributed by atoms with Crippen LogP contribution >= 0.6 is 0 Å². The molecule has 148 valence electrons. The Morgan fingerprint density at radius 3 is 2.00 bits per heavy atom. The number of ether oxygens (including phenoxy) is 3. The lowest BCUT2D eigenvalue weighted by Crippen LogP contribution is -2.18. The zero-order valence-corrected chi connectivity index (χ0v) is 16.8.